The van der Waals surface area contributed by atoms with Gasteiger partial charge in [0, 0.05) is 55.4 Å². The summed E-state index contributed by atoms with van der Waals surface area (Å²) >= 11 is 0. The first-order valence-corrected chi connectivity index (χ1v) is 11.8. The molecule has 0 aliphatic carbocycles. The highest BCUT2D eigenvalue weighted by molar-refractivity contribution is 5.95. The Morgan fingerprint density at radius 2 is 1.97 bits per heavy atom. The van der Waals surface area contributed by atoms with Crippen molar-refractivity contribution in [2.45, 2.75) is 19.0 Å². The Balaban J connectivity index is 1.37. The van der Waals surface area contributed by atoms with Crippen LogP contribution in [0.2, 0.25) is 0 Å². The molecule has 2 aliphatic heterocycles. The van der Waals surface area contributed by atoms with Crippen LogP contribution in [0.1, 0.15) is 22.3 Å². The average Bonchev–Trinajstić information content (AvgIpc) is 3.47. The second kappa shape index (κ2) is 8.26. The number of likely N-dealkylation sites (N-methyl/N-ethyl adjacent to an activating group) is 1. The molecule has 4 aromatic rings. The third-order valence-electron chi connectivity index (χ3n) is 7.00. The van der Waals surface area contributed by atoms with Crippen molar-refractivity contribution in [3.05, 3.63) is 89.7 Å². The second-order valence-corrected chi connectivity index (χ2v) is 9.57. The zero-order valence-corrected chi connectivity index (χ0v) is 19.8. The van der Waals surface area contributed by atoms with Crippen LogP contribution in [0, 0.1) is 6.57 Å². The fraction of sp³-hybridized carbons (Fsp3) is 0.250. The average molecular weight is 463 g/mol. The number of imidazole rings is 1. The number of benzene rings is 2. The molecule has 4 heterocycles. The van der Waals surface area contributed by atoms with E-state index in [4.69, 9.17) is 6.57 Å². The Bertz CT molecular complexity index is 1470. The van der Waals surface area contributed by atoms with Crippen molar-refractivity contribution >= 4 is 11.6 Å². The number of fused-ring (bicyclic) bond motifs is 5. The van der Waals surface area contributed by atoms with Gasteiger partial charge in [-0.05, 0) is 55.9 Å². The van der Waals surface area contributed by atoms with Gasteiger partial charge in [-0.25, -0.2) is 9.83 Å². The number of nitrogens with zero attached hydrogens (tertiary/aromatic N) is 6. The number of likely N-dealkylation sites (tertiary alicyclic amines) is 1. The minimum Gasteiger partial charge on any atom is -0.340 e. The summed E-state index contributed by atoms with van der Waals surface area (Å²) in [7, 11) is 4.10. The number of aromatic nitrogens is 3. The van der Waals surface area contributed by atoms with E-state index in [0.717, 1.165) is 59.0 Å². The van der Waals surface area contributed by atoms with Gasteiger partial charge in [-0.3, -0.25) is 9.36 Å². The van der Waals surface area contributed by atoms with Gasteiger partial charge in [-0.1, -0.05) is 24.3 Å². The molecule has 0 spiro atoms. The van der Waals surface area contributed by atoms with Gasteiger partial charge in [0.1, 0.15) is 0 Å². The summed E-state index contributed by atoms with van der Waals surface area (Å²) in [5.41, 5.74) is 6.67. The van der Waals surface area contributed by atoms with E-state index >= 15 is 0 Å². The molecule has 7 heteroatoms. The number of hydrogen-bond acceptors (Lipinski definition) is 3. The standard InChI is InChI=1S/C28H26N6O/c1-29-23-7-4-19(5-8-23)21-15-26-27-30-11-13-34(27)25-9-6-20(14-22(25)17-32(26)16-21)28(35)33-12-10-24(33)18-31(2)3/h4-9,11,13-16,24H,10,12,17-18H2,2-3H3/t24-/m0/s1. The van der Waals surface area contributed by atoms with Crippen LogP contribution < -0.4 is 0 Å². The lowest BCUT2D eigenvalue weighted by Crippen LogP contribution is -2.55. The minimum absolute atomic E-state index is 0.106. The van der Waals surface area contributed by atoms with Crippen LogP contribution in [0.15, 0.2) is 67.1 Å². The van der Waals surface area contributed by atoms with Gasteiger partial charge in [0.05, 0.1) is 18.0 Å². The molecule has 2 aromatic heterocycles. The number of carbonyl (C=O) groups excluding carboxylic acids is 1. The van der Waals surface area contributed by atoms with Crippen LogP contribution >= 0.6 is 0 Å². The van der Waals surface area contributed by atoms with Gasteiger partial charge in [-0.15, -0.1) is 0 Å². The summed E-state index contributed by atoms with van der Waals surface area (Å²) in [5, 5.41) is 0. The van der Waals surface area contributed by atoms with E-state index < -0.39 is 0 Å². The van der Waals surface area contributed by atoms with E-state index in [1.807, 2.05) is 73.9 Å². The van der Waals surface area contributed by atoms with Crippen LogP contribution in [0.25, 0.3) is 33.2 Å². The van der Waals surface area contributed by atoms with Gasteiger partial charge in [0.15, 0.2) is 11.5 Å². The Kier molecular flexibility index (Phi) is 5.05. The molecule has 0 N–H and O–H groups in total. The van der Waals surface area contributed by atoms with E-state index in [1.165, 1.54) is 0 Å². The summed E-state index contributed by atoms with van der Waals surface area (Å²) in [6.45, 7) is 9.55. The molecule has 174 valence electrons. The van der Waals surface area contributed by atoms with Gasteiger partial charge < -0.3 is 14.4 Å². The first kappa shape index (κ1) is 21.4. The van der Waals surface area contributed by atoms with Crippen LogP contribution in [0.4, 0.5) is 5.69 Å². The molecule has 0 unspecified atom stereocenters. The molecule has 1 amide bonds. The molecule has 6 rings (SSSR count). The van der Waals surface area contributed by atoms with Crippen molar-refractivity contribution in [2.75, 3.05) is 27.2 Å². The lowest BCUT2D eigenvalue weighted by atomic mass is 9.99. The maximum Gasteiger partial charge on any atom is 0.254 e. The molecular weight excluding hydrogens is 436 g/mol. The summed E-state index contributed by atoms with van der Waals surface area (Å²) in [4.78, 5) is 25.6. The monoisotopic (exact) mass is 462 g/mol. The fourth-order valence-corrected chi connectivity index (χ4v) is 5.15. The fourth-order valence-electron chi connectivity index (χ4n) is 5.15. The highest BCUT2D eigenvalue weighted by Gasteiger charge is 2.33. The van der Waals surface area contributed by atoms with Crippen LogP contribution in [0.5, 0.6) is 0 Å². The molecule has 1 fully saturated rings. The minimum atomic E-state index is 0.106. The molecule has 35 heavy (non-hydrogen) atoms. The summed E-state index contributed by atoms with van der Waals surface area (Å²) in [5.74, 6) is 0.981. The van der Waals surface area contributed by atoms with E-state index in [2.05, 4.69) is 36.1 Å². The Morgan fingerprint density at radius 3 is 2.69 bits per heavy atom. The zero-order valence-electron chi connectivity index (χ0n) is 19.8. The van der Waals surface area contributed by atoms with E-state index in [-0.39, 0.29) is 11.9 Å². The van der Waals surface area contributed by atoms with Crippen molar-refractivity contribution in [3.63, 3.8) is 0 Å². The van der Waals surface area contributed by atoms with Crippen molar-refractivity contribution in [2.24, 2.45) is 0 Å². The molecule has 0 radical (unpaired) electrons. The molecule has 0 saturated carbocycles. The van der Waals surface area contributed by atoms with Crippen LogP contribution in [0.3, 0.4) is 0 Å². The predicted octanol–water partition coefficient (Wildman–Crippen LogP) is 4.70. The molecular formula is C28H26N6O. The van der Waals surface area contributed by atoms with Crippen molar-refractivity contribution in [1.82, 2.24) is 23.9 Å². The second-order valence-electron chi connectivity index (χ2n) is 9.57. The first-order chi connectivity index (χ1) is 17.0. The maximum absolute atomic E-state index is 13.3. The Morgan fingerprint density at radius 1 is 1.14 bits per heavy atom. The molecule has 0 bridgehead atoms. The highest BCUT2D eigenvalue weighted by Crippen LogP contribution is 2.35. The third-order valence-corrected chi connectivity index (χ3v) is 7.00. The zero-order chi connectivity index (χ0) is 24.1. The SMILES string of the molecule is [C-]#[N+]c1ccc(-c2cc3n(c2)Cc2cc(C(=O)N4CC[C@H]4CN(C)C)ccc2-n2ccnc2-3)cc1. The third kappa shape index (κ3) is 3.63. The summed E-state index contributed by atoms with van der Waals surface area (Å²) < 4.78 is 4.31. The lowest BCUT2D eigenvalue weighted by Gasteiger charge is -2.42. The van der Waals surface area contributed by atoms with Gasteiger partial charge in [0.25, 0.3) is 5.91 Å². The molecule has 2 aliphatic rings. The van der Waals surface area contributed by atoms with E-state index in [9.17, 15) is 4.79 Å². The maximum atomic E-state index is 13.3. The highest BCUT2D eigenvalue weighted by atomic mass is 16.2. The van der Waals surface area contributed by atoms with Gasteiger partial charge in [0.2, 0.25) is 0 Å². The molecule has 7 nitrogen and oxygen atoms in total. The quantitative estimate of drug-likeness (QED) is 0.364. The number of amides is 1. The molecule has 2 aromatic carbocycles. The topological polar surface area (TPSA) is 50.7 Å². The van der Waals surface area contributed by atoms with Crippen molar-refractivity contribution < 1.29 is 4.79 Å². The smallest absolute Gasteiger partial charge is 0.254 e. The normalized spacial score (nSPS) is 16.1. The van der Waals surface area contributed by atoms with Crippen molar-refractivity contribution in [3.8, 4) is 28.3 Å². The van der Waals surface area contributed by atoms with Gasteiger partial charge >= 0.3 is 0 Å². The largest absolute Gasteiger partial charge is 0.340 e. The van der Waals surface area contributed by atoms with E-state index in [0.29, 0.717) is 12.2 Å². The predicted molar refractivity (Wildman–Crippen MR) is 136 cm³/mol. The summed E-state index contributed by atoms with van der Waals surface area (Å²) in [6, 6.07) is 16.1. The number of hydrogen-bond donors (Lipinski definition) is 0. The lowest BCUT2D eigenvalue weighted by molar-refractivity contribution is 0.0403. The number of rotatable bonds is 4. The van der Waals surface area contributed by atoms with E-state index in [1.54, 1.807) is 0 Å². The first-order valence-electron chi connectivity index (χ1n) is 11.8. The van der Waals surface area contributed by atoms with Gasteiger partial charge in [-0.2, -0.15) is 0 Å². The molecule has 1 atom stereocenters. The van der Waals surface area contributed by atoms with Crippen LogP contribution in [-0.2, 0) is 6.54 Å². The molecule has 1 saturated heterocycles. The Labute approximate surface area is 204 Å². The van der Waals surface area contributed by atoms with Crippen molar-refractivity contribution in [1.29, 1.82) is 0 Å². The Hall–Kier alpha value is -4.15. The van der Waals surface area contributed by atoms with Crippen LogP contribution in [-0.4, -0.2) is 63.1 Å². The number of carbonyl (C=O) groups is 1. The summed E-state index contributed by atoms with van der Waals surface area (Å²) in [6.07, 6.45) is 6.98.